The molecule has 0 spiro atoms. The molecule has 4 N–H and O–H groups in total. The highest BCUT2D eigenvalue weighted by Gasteiger charge is 2.09. The van der Waals surface area contributed by atoms with Gasteiger partial charge in [-0.05, 0) is 24.3 Å². The van der Waals surface area contributed by atoms with Crippen molar-refractivity contribution in [1.82, 2.24) is 10.5 Å². The zero-order valence-electron chi connectivity index (χ0n) is 11.6. The standard InChI is InChI=1S/C17H14N2O3/c20-13-6-7-14(16(21)10-13)15(19-22)9-12-4-1-3-11-5-2-8-18-17(11)12/h1-10,19-22H/b15-9+. The summed E-state index contributed by atoms with van der Waals surface area (Å²) in [6.07, 6.45) is 3.38. The van der Waals surface area contributed by atoms with E-state index in [1.165, 1.54) is 18.2 Å². The van der Waals surface area contributed by atoms with Gasteiger partial charge in [0.05, 0.1) is 11.2 Å². The second-order valence-corrected chi connectivity index (χ2v) is 4.79. The Labute approximate surface area is 126 Å². The summed E-state index contributed by atoms with van der Waals surface area (Å²) in [7, 11) is 0. The highest BCUT2D eigenvalue weighted by molar-refractivity contribution is 5.93. The molecule has 0 aliphatic carbocycles. The lowest BCUT2D eigenvalue weighted by atomic mass is 10.1. The van der Waals surface area contributed by atoms with E-state index in [-0.39, 0.29) is 11.5 Å². The third-order valence-corrected chi connectivity index (χ3v) is 3.36. The van der Waals surface area contributed by atoms with Crippen LogP contribution in [0.3, 0.4) is 0 Å². The second kappa shape index (κ2) is 5.75. The maximum absolute atomic E-state index is 9.92. The number of nitrogens with one attached hydrogen (secondary N) is 1. The van der Waals surface area contributed by atoms with Gasteiger partial charge in [-0.15, -0.1) is 0 Å². The fourth-order valence-corrected chi connectivity index (χ4v) is 2.32. The first-order chi connectivity index (χ1) is 10.7. The lowest BCUT2D eigenvalue weighted by Gasteiger charge is -2.09. The van der Waals surface area contributed by atoms with Gasteiger partial charge < -0.3 is 10.2 Å². The van der Waals surface area contributed by atoms with Crippen LogP contribution in [0.2, 0.25) is 0 Å². The number of hydrogen-bond acceptors (Lipinski definition) is 5. The molecule has 1 aromatic heterocycles. The summed E-state index contributed by atoms with van der Waals surface area (Å²) in [5.41, 5.74) is 4.34. The minimum atomic E-state index is -0.138. The third-order valence-electron chi connectivity index (χ3n) is 3.36. The van der Waals surface area contributed by atoms with Gasteiger partial charge in [-0.3, -0.25) is 15.7 Å². The highest BCUT2D eigenvalue weighted by Crippen LogP contribution is 2.29. The fourth-order valence-electron chi connectivity index (χ4n) is 2.32. The zero-order chi connectivity index (χ0) is 15.5. The molecule has 0 fully saturated rings. The zero-order valence-corrected chi connectivity index (χ0v) is 11.6. The number of rotatable bonds is 3. The van der Waals surface area contributed by atoms with Crippen molar-refractivity contribution in [2.45, 2.75) is 0 Å². The highest BCUT2D eigenvalue weighted by atomic mass is 16.5. The van der Waals surface area contributed by atoms with E-state index >= 15 is 0 Å². The minimum absolute atomic E-state index is 0.0506. The summed E-state index contributed by atoms with van der Waals surface area (Å²) in [4.78, 5) is 4.34. The van der Waals surface area contributed by atoms with E-state index in [0.29, 0.717) is 11.3 Å². The van der Waals surface area contributed by atoms with Crippen LogP contribution in [0, 0.1) is 0 Å². The Morgan fingerprint density at radius 3 is 2.64 bits per heavy atom. The number of benzene rings is 2. The first-order valence-electron chi connectivity index (χ1n) is 6.67. The first-order valence-corrected chi connectivity index (χ1v) is 6.67. The van der Waals surface area contributed by atoms with Gasteiger partial charge in [0, 0.05) is 28.8 Å². The van der Waals surface area contributed by atoms with Crippen LogP contribution >= 0.6 is 0 Å². The number of hydrogen-bond donors (Lipinski definition) is 4. The minimum Gasteiger partial charge on any atom is -0.508 e. The van der Waals surface area contributed by atoms with E-state index in [0.717, 1.165) is 16.5 Å². The van der Waals surface area contributed by atoms with Crippen LogP contribution in [0.1, 0.15) is 11.1 Å². The van der Waals surface area contributed by atoms with Crippen molar-refractivity contribution in [3.63, 3.8) is 0 Å². The topological polar surface area (TPSA) is 85.6 Å². The summed E-state index contributed by atoms with van der Waals surface area (Å²) in [5.74, 6) is -0.189. The monoisotopic (exact) mass is 294 g/mol. The van der Waals surface area contributed by atoms with Crippen LogP contribution in [0.5, 0.6) is 11.5 Å². The molecule has 0 saturated carbocycles. The third kappa shape index (κ3) is 2.57. The molecule has 1 heterocycles. The van der Waals surface area contributed by atoms with Crippen molar-refractivity contribution < 1.29 is 15.4 Å². The van der Waals surface area contributed by atoms with E-state index in [2.05, 4.69) is 10.5 Å². The normalized spacial score (nSPS) is 11.6. The Kier molecular flexibility index (Phi) is 3.64. The van der Waals surface area contributed by atoms with Crippen molar-refractivity contribution in [3.8, 4) is 11.5 Å². The molecular weight excluding hydrogens is 280 g/mol. The molecule has 3 rings (SSSR count). The Morgan fingerprint density at radius 2 is 1.86 bits per heavy atom. The maximum Gasteiger partial charge on any atom is 0.128 e. The van der Waals surface area contributed by atoms with E-state index in [1.807, 2.05) is 30.3 Å². The van der Waals surface area contributed by atoms with E-state index in [4.69, 9.17) is 0 Å². The quantitative estimate of drug-likeness (QED) is 0.440. The van der Waals surface area contributed by atoms with Gasteiger partial charge in [-0.1, -0.05) is 24.3 Å². The number of phenols is 2. The molecule has 2 aromatic carbocycles. The van der Waals surface area contributed by atoms with Crippen molar-refractivity contribution in [2.75, 3.05) is 0 Å². The Balaban J connectivity index is 2.15. The Bertz CT molecular complexity index is 854. The molecule has 0 amide bonds. The number of pyridine rings is 1. The molecule has 22 heavy (non-hydrogen) atoms. The maximum atomic E-state index is 9.92. The molecule has 0 atom stereocenters. The lowest BCUT2D eigenvalue weighted by Crippen LogP contribution is -2.05. The van der Waals surface area contributed by atoms with Gasteiger partial charge in [0.25, 0.3) is 0 Å². The van der Waals surface area contributed by atoms with Crippen molar-refractivity contribution in [3.05, 3.63) is 65.9 Å². The summed E-state index contributed by atoms with van der Waals surface area (Å²) in [6.45, 7) is 0. The molecule has 0 saturated heterocycles. The smallest absolute Gasteiger partial charge is 0.128 e. The molecule has 0 bridgehead atoms. The second-order valence-electron chi connectivity index (χ2n) is 4.79. The molecule has 0 unspecified atom stereocenters. The largest absolute Gasteiger partial charge is 0.508 e. The SMILES string of the molecule is ON/C(=C/c1cccc2cccnc12)c1ccc(O)cc1O. The molecule has 0 aliphatic heterocycles. The lowest BCUT2D eigenvalue weighted by molar-refractivity contribution is 0.225. The molecule has 110 valence electrons. The average molecular weight is 294 g/mol. The number of hydroxylamine groups is 1. The number of aromatic nitrogens is 1. The number of phenolic OH excluding ortho intramolecular Hbond substituents is 2. The van der Waals surface area contributed by atoms with Gasteiger partial charge >= 0.3 is 0 Å². The van der Waals surface area contributed by atoms with E-state index < -0.39 is 0 Å². The summed E-state index contributed by atoms with van der Waals surface area (Å²) < 4.78 is 0. The number of para-hydroxylation sites is 1. The summed E-state index contributed by atoms with van der Waals surface area (Å²) in [5, 5.41) is 29.6. The molecular formula is C17H14N2O3. The van der Waals surface area contributed by atoms with Crippen LogP contribution < -0.4 is 5.48 Å². The number of nitrogens with zero attached hydrogens (tertiary/aromatic N) is 1. The summed E-state index contributed by atoms with van der Waals surface area (Å²) in [6, 6.07) is 13.7. The molecule has 5 nitrogen and oxygen atoms in total. The average Bonchev–Trinajstić information content (AvgIpc) is 2.53. The van der Waals surface area contributed by atoms with Crippen molar-refractivity contribution in [2.24, 2.45) is 0 Å². The predicted molar refractivity (Wildman–Crippen MR) is 84.3 cm³/mol. The molecule has 0 aliphatic rings. The van der Waals surface area contributed by atoms with Crippen LogP contribution in [0.25, 0.3) is 22.7 Å². The Morgan fingerprint density at radius 1 is 1.05 bits per heavy atom. The predicted octanol–water partition coefficient (Wildman–Crippen LogP) is 3.12. The van der Waals surface area contributed by atoms with Gasteiger partial charge in [-0.2, -0.15) is 0 Å². The number of fused-ring (bicyclic) bond motifs is 1. The molecule has 5 heteroatoms. The number of aromatic hydroxyl groups is 2. The molecule has 3 aromatic rings. The van der Waals surface area contributed by atoms with Crippen molar-refractivity contribution >= 4 is 22.7 Å². The summed E-state index contributed by atoms with van der Waals surface area (Å²) >= 11 is 0. The van der Waals surface area contributed by atoms with Crippen LogP contribution in [0.15, 0.2) is 54.7 Å². The van der Waals surface area contributed by atoms with Gasteiger partial charge in [0.2, 0.25) is 0 Å². The first kappa shape index (κ1) is 13.9. The fraction of sp³-hybridized carbons (Fsp3) is 0. The Hall–Kier alpha value is -3.05. The van der Waals surface area contributed by atoms with E-state index in [1.54, 1.807) is 12.3 Å². The van der Waals surface area contributed by atoms with Crippen LogP contribution in [0.4, 0.5) is 0 Å². The van der Waals surface area contributed by atoms with Gasteiger partial charge in [-0.25, -0.2) is 0 Å². The van der Waals surface area contributed by atoms with Crippen molar-refractivity contribution in [1.29, 1.82) is 0 Å². The van der Waals surface area contributed by atoms with E-state index in [9.17, 15) is 15.4 Å². The molecule has 0 radical (unpaired) electrons. The van der Waals surface area contributed by atoms with Gasteiger partial charge in [0.1, 0.15) is 11.5 Å². The van der Waals surface area contributed by atoms with Gasteiger partial charge in [0.15, 0.2) is 0 Å². The van der Waals surface area contributed by atoms with Crippen LogP contribution in [-0.2, 0) is 0 Å². The van der Waals surface area contributed by atoms with Crippen LogP contribution in [-0.4, -0.2) is 20.4 Å².